The van der Waals surface area contributed by atoms with Crippen molar-refractivity contribution in [2.24, 2.45) is 5.10 Å². The molecule has 0 bridgehead atoms. The number of methoxy groups -OCH3 is 2. The van der Waals surface area contributed by atoms with Crippen molar-refractivity contribution >= 4 is 28.7 Å². The topological polar surface area (TPSA) is 77.4 Å². The summed E-state index contributed by atoms with van der Waals surface area (Å²) < 4.78 is 16.5. The summed E-state index contributed by atoms with van der Waals surface area (Å²) in [6.07, 6.45) is 0.561. The van der Waals surface area contributed by atoms with Crippen LogP contribution in [0.1, 0.15) is 40.2 Å². The molecular formula is C25H24N2O5S. The van der Waals surface area contributed by atoms with Gasteiger partial charge in [-0.25, -0.2) is 5.01 Å². The van der Waals surface area contributed by atoms with Gasteiger partial charge in [0.1, 0.15) is 5.75 Å². The van der Waals surface area contributed by atoms with E-state index in [1.54, 1.807) is 49.8 Å². The fourth-order valence-electron chi connectivity index (χ4n) is 3.74. The van der Waals surface area contributed by atoms with Crippen molar-refractivity contribution < 1.29 is 23.8 Å². The lowest BCUT2D eigenvalue weighted by molar-refractivity contribution is -0.135. The van der Waals surface area contributed by atoms with Gasteiger partial charge >= 0.3 is 0 Å². The third-order valence-electron chi connectivity index (χ3n) is 5.38. The minimum absolute atomic E-state index is 0.125. The molecule has 4 rings (SSSR count). The van der Waals surface area contributed by atoms with Gasteiger partial charge in [0.25, 0.3) is 5.91 Å². The molecule has 2 heterocycles. The van der Waals surface area contributed by atoms with Crippen molar-refractivity contribution in [2.75, 3.05) is 20.8 Å². The second kappa shape index (κ2) is 9.87. The SMILES string of the molecule is COc1ccc([C@H]2CC(c3cccs3)=NN2C(=O)COc2ccccc2C(C)=O)cc1OC. The smallest absolute Gasteiger partial charge is 0.281 e. The molecule has 33 heavy (non-hydrogen) atoms. The monoisotopic (exact) mass is 464 g/mol. The van der Waals surface area contributed by atoms with Gasteiger partial charge in [0.2, 0.25) is 0 Å². The summed E-state index contributed by atoms with van der Waals surface area (Å²) in [5.41, 5.74) is 2.15. The first-order chi connectivity index (χ1) is 16.0. The minimum Gasteiger partial charge on any atom is -0.493 e. The average molecular weight is 465 g/mol. The number of carbonyl (C=O) groups is 2. The molecule has 1 aliphatic rings. The molecule has 0 saturated heterocycles. The number of nitrogens with zero attached hydrogens (tertiary/aromatic N) is 2. The van der Waals surface area contributed by atoms with Crippen molar-refractivity contribution in [3.63, 3.8) is 0 Å². The molecule has 1 aliphatic heterocycles. The van der Waals surface area contributed by atoms with Crippen LogP contribution >= 0.6 is 11.3 Å². The van der Waals surface area contributed by atoms with Crippen LogP contribution in [0.4, 0.5) is 0 Å². The summed E-state index contributed by atoms with van der Waals surface area (Å²) in [5.74, 6) is 1.14. The van der Waals surface area contributed by atoms with Crippen LogP contribution in [0.2, 0.25) is 0 Å². The highest BCUT2D eigenvalue weighted by Gasteiger charge is 2.34. The maximum atomic E-state index is 13.2. The predicted molar refractivity (Wildman–Crippen MR) is 127 cm³/mol. The zero-order chi connectivity index (χ0) is 23.4. The van der Waals surface area contributed by atoms with Crippen LogP contribution in [0.25, 0.3) is 0 Å². The fraction of sp³-hybridized carbons (Fsp3) is 0.240. The third kappa shape index (κ3) is 4.75. The van der Waals surface area contributed by atoms with Gasteiger partial charge in [0.05, 0.1) is 36.4 Å². The van der Waals surface area contributed by atoms with E-state index in [1.807, 2.05) is 35.7 Å². The number of rotatable bonds is 8. The molecule has 0 fully saturated rings. The zero-order valence-corrected chi connectivity index (χ0v) is 19.4. The number of hydrazone groups is 1. The van der Waals surface area contributed by atoms with Crippen LogP contribution in [-0.4, -0.2) is 43.2 Å². The van der Waals surface area contributed by atoms with Gasteiger partial charge in [0, 0.05) is 6.42 Å². The predicted octanol–water partition coefficient (Wildman–Crippen LogP) is 4.72. The van der Waals surface area contributed by atoms with Gasteiger partial charge in [-0.05, 0) is 48.2 Å². The molecule has 1 atom stereocenters. The van der Waals surface area contributed by atoms with E-state index in [4.69, 9.17) is 14.2 Å². The number of Topliss-reactive ketones (excluding diaryl/α,β-unsaturated/α-hetero) is 1. The molecule has 0 unspecified atom stereocenters. The van der Waals surface area contributed by atoms with Crippen LogP contribution in [0, 0.1) is 0 Å². The van der Waals surface area contributed by atoms with Gasteiger partial charge in [-0.3, -0.25) is 9.59 Å². The first-order valence-corrected chi connectivity index (χ1v) is 11.3. The molecular weight excluding hydrogens is 440 g/mol. The maximum Gasteiger partial charge on any atom is 0.281 e. The van der Waals surface area contributed by atoms with E-state index in [2.05, 4.69) is 5.10 Å². The molecule has 0 spiro atoms. The molecule has 2 aromatic carbocycles. The second-order valence-corrected chi connectivity index (χ2v) is 8.39. The number of benzene rings is 2. The van der Waals surface area contributed by atoms with E-state index in [9.17, 15) is 9.59 Å². The van der Waals surface area contributed by atoms with Gasteiger partial charge in [-0.15, -0.1) is 11.3 Å². The van der Waals surface area contributed by atoms with Gasteiger partial charge in [-0.1, -0.05) is 24.3 Å². The highest BCUT2D eigenvalue weighted by atomic mass is 32.1. The quantitative estimate of drug-likeness (QED) is 0.451. The van der Waals surface area contributed by atoms with Crippen LogP contribution in [0.15, 0.2) is 65.1 Å². The number of para-hydroxylation sites is 1. The molecule has 0 saturated carbocycles. The molecule has 1 aromatic heterocycles. The van der Waals surface area contributed by atoms with Gasteiger partial charge in [0.15, 0.2) is 23.9 Å². The van der Waals surface area contributed by atoms with E-state index in [1.165, 1.54) is 11.9 Å². The van der Waals surface area contributed by atoms with Crippen LogP contribution < -0.4 is 14.2 Å². The Kier molecular flexibility index (Phi) is 6.74. The van der Waals surface area contributed by atoms with E-state index in [-0.39, 0.29) is 24.3 Å². The van der Waals surface area contributed by atoms with Crippen molar-refractivity contribution in [1.82, 2.24) is 5.01 Å². The summed E-state index contributed by atoms with van der Waals surface area (Å²) in [6.45, 7) is 1.23. The van der Waals surface area contributed by atoms with Crippen molar-refractivity contribution in [1.29, 1.82) is 0 Å². The summed E-state index contributed by atoms with van der Waals surface area (Å²) >= 11 is 1.58. The second-order valence-electron chi connectivity index (χ2n) is 7.44. The molecule has 3 aromatic rings. The Balaban J connectivity index is 1.61. The maximum absolute atomic E-state index is 13.2. The lowest BCUT2D eigenvalue weighted by Crippen LogP contribution is -2.31. The Hall–Kier alpha value is -3.65. The van der Waals surface area contributed by atoms with Crippen LogP contribution in [0.3, 0.4) is 0 Å². The lowest BCUT2D eigenvalue weighted by atomic mass is 10.0. The largest absolute Gasteiger partial charge is 0.493 e. The van der Waals surface area contributed by atoms with E-state index in [0.29, 0.717) is 29.2 Å². The number of amides is 1. The van der Waals surface area contributed by atoms with Gasteiger partial charge < -0.3 is 14.2 Å². The lowest BCUT2D eigenvalue weighted by Gasteiger charge is -2.23. The number of ether oxygens (including phenoxy) is 3. The number of ketones is 1. The minimum atomic E-state index is -0.318. The van der Waals surface area contributed by atoms with E-state index >= 15 is 0 Å². The van der Waals surface area contributed by atoms with E-state index in [0.717, 1.165) is 16.2 Å². The Bertz CT molecular complexity index is 1190. The van der Waals surface area contributed by atoms with E-state index < -0.39 is 0 Å². The molecule has 7 nitrogen and oxygen atoms in total. The summed E-state index contributed by atoms with van der Waals surface area (Å²) in [5, 5.41) is 8.09. The first kappa shape index (κ1) is 22.5. The Morgan fingerprint density at radius 2 is 1.82 bits per heavy atom. The molecule has 1 amide bonds. The number of carbonyl (C=O) groups excluding carboxylic acids is 2. The Morgan fingerprint density at radius 3 is 2.52 bits per heavy atom. The van der Waals surface area contributed by atoms with Gasteiger partial charge in [-0.2, -0.15) is 5.10 Å². The molecule has 0 N–H and O–H groups in total. The summed E-state index contributed by atoms with van der Waals surface area (Å²) in [6, 6.07) is 16.1. The normalized spacial score (nSPS) is 15.2. The highest BCUT2D eigenvalue weighted by molar-refractivity contribution is 7.12. The molecule has 0 radical (unpaired) electrons. The molecule has 0 aliphatic carbocycles. The van der Waals surface area contributed by atoms with Crippen LogP contribution in [0.5, 0.6) is 17.2 Å². The van der Waals surface area contributed by atoms with Crippen molar-refractivity contribution in [2.45, 2.75) is 19.4 Å². The first-order valence-electron chi connectivity index (χ1n) is 10.4. The third-order valence-corrected chi connectivity index (χ3v) is 6.30. The Morgan fingerprint density at radius 1 is 1.03 bits per heavy atom. The standard InChI is InChI=1S/C25H24N2O5S/c1-16(28)18-7-4-5-8-21(18)32-15-25(29)27-20(14-19(26-27)24-9-6-12-33-24)17-10-11-22(30-2)23(13-17)31-3/h4-13,20H,14-15H2,1-3H3/t20-/m1/s1. The number of thiophene rings is 1. The average Bonchev–Trinajstić information content (AvgIpc) is 3.52. The van der Waals surface area contributed by atoms with Crippen LogP contribution in [-0.2, 0) is 4.79 Å². The highest BCUT2D eigenvalue weighted by Crippen LogP contribution is 2.38. The number of hydrogen-bond acceptors (Lipinski definition) is 7. The van der Waals surface area contributed by atoms with Crippen molar-refractivity contribution in [3.8, 4) is 17.2 Å². The van der Waals surface area contributed by atoms with Crippen molar-refractivity contribution in [3.05, 3.63) is 76.0 Å². The Labute approximate surface area is 196 Å². The molecule has 8 heteroatoms. The summed E-state index contributed by atoms with van der Waals surface area (Å²) in [7, 11) is 3.16. The summed E-state index contributed by atoms with van der Waals surface area (Å²) in [4.78, 5) is 26.1. The zero-order valence-electron chi connectivity index (χ0n) is 18.6. The number of hydrogen-bond donors (Lipinski definition) is 0. The molecule has 170 valence electrons. The fourth-order valence-corrected chi connectivity index (χ4v) is 4.46.